The van der Waals surface area contributed by atoms with Gasteiger partial charge in [-0.15, -0.1) is 0 Å². The van der Waals surface area contributed by atoms with Gasteiger partial charge in [0.05, 0.1) is 17.5 Å². The van der Waals surface area contributed by atoms with E-state index in [1.807, 2.05) is 0 Å². The Morgan fingerprint density at radius 1 is 1.35 bits per heavy atom. The molecule has 1 aromatic rings. The van der Waals surface area contributed by atoms with Crippen LogP contribution in [0.4, 0.5) is 0 Å². The van der Waals surface area contributed by atoms with Gasteiger partial charge in [-0.2, -0.15) is 0 Å². The highest BCUT2D eigenvalue weighted by molar-refractivity contribution is 6.34. The lowest BCUT2D eigenvalue weighted by molar-refractivity contribution is -0.146. The lowest BCUT2D eigenvalue weighted by atomic mass is 9.86. The fourth-order valence-corrected chi connectivity index (χ4v) is 1.90. The van der Waals surface area contributed by atoms with Gasteiger partial charge in [0.15, 0.2) is 0 Å². The minimum atomic E-state index is -0.887. The van der Waals surface area contributed by atoms with Crippen molar-refractivity contribution in [3.8, 4) is 5.75 Å². The van der Waals surface area contributed by atoms with Gasteiger partial charge in [-0.05, 0) is 31.9 Å². The molecule has 17 heavy (non-hydrogen) atoms. The van der Waals surface area contributed by atoms with Crippen molar-refractivity contribution in [3.05, 3.63) is 27.7 Å². The molecule has 1 rings (SSSR count). The van der Waals surface area contributed by atoms with Crippen molar-refractivity contribution >= 4 is 29.2 Å². The van der Waals surface area contributed by atoms with Gasteiger partial charge in [0.25, 0.3) is 0 Å². The second kappa shape index (κ2) is 5.15. The minimum Gasteiger partial charge on any atom is -0.495 e. The fraction of sp³-hybridized carbons (Fsp3) is 0.417. The Morgan fingerprint density at radius 3 is 2.41 bits per heavy atom. The third-order valence-corrected chi connectivity index (χ3v) is 3.18. The molecule has 5 heteroatoms. The number of ether oxygens (including phenoxy) is 1. The first-order valence-electron chi connectivity index (χ1n) is 5.03. The quantitative estimate of drug-likeness (QED) is 0.913. The van der Waals surface area contributed by atoms with Crippen LogP contribution in [0.3, 0.4) is 0 Å². The van der Waals surface area contributed by atoms with Crippen LogP contribution in [0.1, 0.15) is 19.4 Å². The van der Waals surface area contributed by atoms with Gasteiger partial charge in [0.2, 0.25) is 0 Å². The molecule has 0 bridgehead atoms. The number of hydrogen-bond donors (Lipinski definition) is 1. The molecule has 0 radical (unpaired) electrons. The van der Waals surface area contributed by atoms with Crippen LogP contribution in [0.5, 0.6) is 5.75 Å². The number of hydrogen-bond acceptors (Lipinski definition) is 2. The first kappa shape index (κ1) is 14.1. The van der Waals surface area contributed by atoms with Crippen molar-refractivity contribution in [2.24, 2.45) is 5.41 Å². The summed E-state index contributed by atoms with van der Waals surface area (Å²) in [6.45, 7) is 3.29. The molecule has 0 saturated heterocycles. The Morgan fingerprint density at radius 2 is 1.94 bits per heavy atom. The molecule has 0 atom stereocenters. The fourth-order valence-electron chi connectivity index (χ4n) is 1.41. The predicted octanol–water partition coefficient (Wildman–Crippen LogP) is 3.66. The van der Waals surface area contributed by atoms with Crippen molar-refractivity contribution in [2.45, 2.75) is 20.3 Å². The normalized spacial score (nSPS) is 11.4. The summed E-state index contributed by atoms with van der Waals surface area (Å²) in [6.07, 6.45) is 0.310. The number of rotatable bonds is 4. The maximum atomic E-state index is 11.0. The number of benzene rings is 1. The molecule has 0 saturated carbocycles. The molecule has 0 aromatic heterocycles. The first-order valence-corrected chi connectivity index (χ1v) is 5.79. The molecular formula is C12H14Cl2O3. The van der Waals surface area contributed by atoms with Crippen LogP contribution in [0, 0.1) is 5.41 Å². The van der Waals surface area contributed by atoms with Crippen molar-refractivity contribution in [2.75, 3.05) is 7.11 Å². The highest BCUT2D eigenvalue weighted by Gasteiger charge is 2.28. The molecule has 0 spiro atoms. The Labute approximate surface area is 110 Å². The highest BCUT2D eigenvalue weighted by Crippen LogP contribution is 2.34. The van der Waals surface area contributed by atoms with E-state index < -0.39 is 11.4 Å². The second-order valence-electron chi connectivity index (χ2n) is 4.44. The second-order valence-corrected chi connectivity index (χ2v) is 5.26. The van der Waals surface area contributed by atoms with Gasteiger partial charge in [-0.25, -0.2) is 0 Å². The van der Waals surface area contributed by atoms with Crippen LogP contribution in [-0.2, 0) is 11.2 Å². The minimum absolute atomic E-state index is 0.310. The first-order chi connectivity index (χ1) is 7.77. The maximum absolute atomic E-state index is 11.0. The van der Waals surface area contributed by atoms with Gasteiger partial charge in [-0.1, -0.05) is 23.2 Å². The summed E-state index contributed by atoms with van der Waals surface area (Å²) in [7, 11) is 1.50. The Hall–Kier alpha value is -0.930. The van der Waals surface area contributed by atoms with E-state index in [0.717, 1.165) is 0 Å². The lowest BCUT2D eigenvalue weighted by Gasteiger charge is -2.20. The van der Waals surface area contributed by atoms with Gasteiger partial charge in [0, 0.05) is 11.1 Å². The summed E-state index contributed by atoms with van der Waals surface area (Å²) in [6, 6.07) is 3.24. The van der Waals surface area contributed by atoms with E-state index in [2.05, 4.69) is 0 Å². The summed E-state index contributed by atoms with van der Waals surface area (Å²) >= 11 is 12.0. The van der Waals surface area contributed by atoms with E-state index in [-0.39, 0.29) is 0 Å². The van der Waals surface area contributed by atoms with Crippen LogP contribution >= 0.6 is 23.2 Å². The number of carboxylic acid groups (broad SMARTS) is 1. The van der Waals surface area contributed by atoms with Gasteiger partial charge in [-0.3, -0.25) is 4.79 Å². The molecule has 1 N–H and O–H groups in total. The molecular weight excluding hydrogens is 263 g/mol. The molecule has 0 aliphatic rings. The van der Waals surface area contributed by atoms with Gasteiger partial charge < -0.3 is 9.84 Å². The SMILES string of the molecule is COc1cc(Cl)c(CC(C)(C)C(=O)O)cc1Cl. The van der Waals surface area contributed by atoms with E-state index in [1.165, 1.54) is 7.11 Å². The van der Waals surface area contributed by atoms with Gasteiger partial charge in [0.1, 0.15) is 5.75 Å². The van der Waals surface area contributed by atoms with E-state index >= 15 is 0 Å². The Kier molecular flexibility index (Phi) is 4.28. The van der Waals surface area contributed by atoms with E-state index in [1.54, 1.807) is 26.0 Å². The summed E-state index contributed by atoms with van der Waals surface area (Å²) < 4.78 is 5.03. The van der Waals surface area contributed by atoms with E-state index in [0.29, 0.717) is 27.8 Å². The standard InChI is InChI=1S/C12H14Cl2O3/c1-12(2,11(15)16)6-7-4-9(14)10(17-3)5-8(7)13/h4-5H,6H2,1-3H3,(H,15,16). The lowest BCUT2D eigenvalue weighted by Crippen LogP contribution is -2.26. The van der Waals surface area contributed by atoms with Crippen molar-refractivity contribution in [3.63, 3.8) is 0 Å². The number of methoxy groups -OCH3 is 1. The zero-order valence-corrected chi connectivity index (χ0v) is 11.4. The molecule has 0 amide bonds. The number of aliphatic carboxylic acids is 1. The van der Waals surface area contributed by atoms with Gasteiger partial charge >= 0.3 is 5.97 Å². The summed E-state index contributed by atoms with van der Waals surface area (Å²) in [4.78, 5) is 11.0. The molecule has 0 fully saturated rings. The van der Waals surface area contributed by atoms with Crippen molar-refractivity contribution < 1.29 is 14.6 Å². The summed E-state index contributed by atoms with van der Waals surface area (Å²) in [5, 5.41) is 9.95. The molecule has 3 nitrogen and oxygen atoms in total. The number of carbonyl (C=O) groups is 1. The molecule has 0 heterocycles. The third-order valence-electron chi connectivity index (χ3n) is 2.53. The van der Waals surface area contributed by atoms with Crippen molar-refractivity contribution in [1.82, 2.24) is 0 Å². The number of halogens is 2. The molecule has 0 unspecified atom stereocenters. The average Bonchev–Trinajstić information content (AvgIpc) is 2.22. The predicted molar refractivity (Wildman–Crippen MR) is 68.1 cm³/mol. The summed E-state index contributed by atoms with van der Waals surface area (Å²) in [5.74, 6) is -0.394. The molecule has 0 aliphatic carbocycles. The molecule has 94 valence electrons. The largest absolute Gasteiger partial charge is 0.495 e. The topological polar surface area (TPSA) is 46.5 Å². The zero-order valence-electron chi connectivity index (χ0n) is 9.88. The molecule has 0 aliphatic heterocycles. The van der Waals surface area contributed by atoms with Crippen molar-refractivity contribution in [1.29, 1.82) is 0 Å². The third kappa shape index (κ3) is 3.27. The summed E-state index contributed by atoms with van der Waals surface area (Å²) in [5.41, 5.74) is -0.188. The Balaban J connectivity index is 3.08. The smallest absolute Gasteiger partial charge is 0.309 e. The van der Waals surface area contributed by atoms with Crippen LogP contribution in [0.15, 0.2) is 12.1 Å². The monoisotopic (exact) mass is 276 g/mol. The van der Waals surface area contributed by atoms with E-state index in [4.69, 9.17) is 33.0 Å². The maximum Gasteiger partial charge on any atom is 0.309 e. The van der Waals surface area contributed by atoms with Crippen LogP contribution in [0.25, 0.3) is 0 Å². The van der Waals surface area contributed by atoms with Crippen LogP contribution < -0.4 is 4.74 Å². The van der Waals surface area contributed by atoms with E-state index in [9.17, 15) is 4.79 Å². The molecule has 1 aromatic carbocycles. The number of carboxylic acids is 1. The van der Waals surface area contributed by atoms with Crippen LogP contribution in [-0.4, -0.2) is 18.2 Å². The average molecular weight is 277 g/mol. The Bertz CT molecular complexity index is 442. The highest BCUT2D eigenvalue weighted by atomic mass is 35.5. The zero-order chi connectivity index (χ0) is 13.2. The van der Waals surface area contributed by atoms with Crippen LogP contribution in [0.2, 0.25) is 10.0 Å².